The van der Waals surface area contributed by atoms with Crippen LogP contribution in [0.2, 0.25) is 0 Å². The second-order valence-electron chi connectivity index (χ2n) is 8.12. The molecule has 8 nitrogen and oxygen atoms in total. The molecule has 0 fully saturated rings. The number of hydrogen-bond donors (Lipinski definition) is 3. The first-order valence-electron chi connectivity index (χ1n) is 10.5. The molecule has 30 heavy (non-hydrogen) atoms. The van der Waals surface area contributed by atoms with Crippen LogP contribution >= 0.6 is 0 Å². The van der Waals surface area contributed by atoms with Crippen LogP contribution < -0.4 is 16.0 Å². The van der Waals surface area contributed by atoms with E-state index in [-0.39, 0.29) is 24.0 Å². The van der Waals surface area contributed by atoms with Gasteiger partial charge >= 0.3 is 6.03 Å². The van der Waals surface area contributed by atoms with Crippen molar-refractivity contribution in [1.82, 2.24) is 25.3 Å². The lowest BCUT2D eigenvalue weighted by molar-refractivity contribution is 0.0943. The largest absolute Gasteiger partial charge is 0.347 e. The second kappa shape index (κ2) is 9.30. The molecule has 1 aromatic heterocycles. The monoisotopic (exact) mass is 412 g/mol. The minimum absolute atomic E-state index is 0.154. The van der Waals surface area contributed by atoms with Gasteiger partial charge in [0, 0.05) is 62.6 Å². The Morgan fingerprint density at radius 1 is 1.27 bits per heavy atom. The molecule has 3 rings (SSSR count). The number of anilines is 1. The van der Waals surface area contributed by atoms with E-state index in [9.17, 15) is 9.59 Å². The molecule has 0 radical (unpaired) electrons. The molecule has 8 heteroatoms. The number of amides is 3. The average Bonchev–Trinajstić information content (AvgIpc) is 3.13. The zero-order valence-electron chi connectivity index (χ0n) is 18.5. The summed E-state index contributed by atoms with van der Waals surface area (Å²) >= 11 is 0. The summed E-state index contributed by atoms with van der Waals surface area (Å²) in [6, 6.07) is 7.63. The van der Waals surface area contributed by atoms with E-state index in [4.69, 9.17) is 0 Å². The van der Waals surface area contributed by atoms with Gasteiger partial charge in [0.25, 0.3) is 5.91 Å². The molecule has 2 heterocycles. The van der Waals surface area contributed by atoms with E-state index < -0.39 is 0 Å². The van der Waals surface area contributed by atoms with Gasteiger partial charge in [0.1, 0.15) is 0 Å². The van der Waals surface area contributed by atoms with Crippen LogP contribution in [-0.4, -0.2) is 47.3 Å². The Morgan fingerprint density at radius 3 is 2.57 bits per heavy atom. The molecule has 1 unspecified atom stereocenters. The number of fused-ring (bicyclic) bond motifs is 1. The number of nitrogens with zero attached hydrogens (tertiary/aromatic N) is 3. The molecule has 1 aromatic carbocycles. The maximum absolute atomic E-state index is 13.0. The number of nitrogens with one attached hydrogen (secondary N) is 3. The number of carbonyl (C=O) groups is 2. The highest BCUT2D eigenvalue weighted by atomic mass is 16.2. The van der Waals surface area contributed by atoms with Gasteiger partial charge in [-0.05, 0) is 38.0 Å². The van der Waals surface area contributed by atoms with E-state index in [1.807, 2.05) is 28.9 Å². The lowest BCUT2D eigenvalue weighted by Crippen LogP contribution is -2.32. The number of benzene rings is 1. The molecule has 3 N–H and O–H groups in total. The number of urea groups is 1. The minimum atomic E-state index is -0.180. The molecular formula is C22H32N6O2. The van der Waals surface area contributed by atoms with Crippen molar-refractivity contribution in [3.05, 3.63) is 46.8 Å². The van der Waals surface area contributed by atoms with Gasteiger partial charge in [0.2, 0.25) is 0 Å². The van der Waals surface area contributed by atoms with Gasteiger partial charge < -0.3 is 20.9 Å². The van der Waals surface area contributed by atoms with E-state index in [2.05, 4.69) is 41.8 Å². The molecule has 2 aromatic rings. The Bertz CT molecular complexity index is 901. The molecule has 162 valence electrons. The summed E-state index contributed by atoms with van der Waals surface area (Å²) in [7, 11) is 3.38. The zero-order valence-corrected chi connectivity index (χ0v) is 18.5. The lowest BCUT2D eigenvalue weighted by atomic mass is 9.96. The topological polar surface area (TPSA) is 91.3 Å². The van der Waals surface area contributed by atoms with Crippen LogP contribution in [0.25, 0.3) is 0 Å². The lowest BCUT2D eigenvalue weighted by Gasteiger charge is -2.25. The normalized spacial score (nSPS) is 15.6. The first-order valence-corrected chi connectivity index (χ1v) is 10.5. The van der Waals surface area contributed by atoms with Crippen LogP contribution in [-0.2, 0) is 13.0 Å². The first-order chi connectivity index (χ1) is 14.3. The summed E-state index contributed by atoms with van der Waals surface area (Å²) in [5.41, 5.74) is 4.39. The standard InChI is InChI=1S/C22H32N6O2/c1-6-17-19-18(11-12-23-17)28(14(2)3)26-20(19)21(29)24-13-15-7-9-16(10-8-15)25-22(30)27(4)5/h7-10,14,17,23H,6,11-13H2,1-5H3,(H,24,29)(H,25,30). The first kappa shape index (κ1) is 21.8. The van der Waals surface area contributed by atoms with E-state index in [0.29, 0.717) is 17.9 Å². The van der Waals surface area contributed by atoms with Crippen molar-refractivity contribution >= 4 is 17.6 Å². The van der Waals surface area contributed by atoms with Crippen molar-refractivity contribution in [3.8, 4) is 0 Å². The van der Waals surface area contributed by atoms with Crippen LogP contribution in [0.1, 0.15) is 66.6 Å². The maximum Gasteiger partial charge on any atom is 0.321 e. The fraction of sp³-hybridized carbons (Fsp3) is 0.500. The van der Waals surface area contributed by atoms with Gasteiger partial charge in [-0.25, -0.2) is 4.79 Å². The predicted octanol–water partition coefficient (Wildman–Crippen LogP) is 3.08. The van der Waals surface area contributed by atoms with Crippen LogP contribution in [0.3, 0.4) is 0 Å². The number of hydrogen-bond acceptors (Lipinski definition) is 4. The van der Waals surface area contributed by atoms with Crippen LogP contribution in [0.4, 0.5) is 10.5 Å². The fourth-order valence-corrected chi connectivity index (χ4v) is 3.71. The highest BCUT2D eigenvalue weighted by Gasteiger charge is 2.30. The molecule has 1 aliphatic heterocycles. The smallest absolute Gasteiger partial charge is 0.321 e. The highest BCUT2D eigenvalue weighted by Crippen LogP contribution is 2.30. The van der Waals surface area contributed by atoms with Crippen LogP contribution in [0, 0.1) is 0 Å². The average molecular weight is 413 g/mol. The van der Waals surface area contributed by atoms with E-state index in [1.54, 1.807) is 14.1 Å². The van der Waals surface area contributed by atoms with Crippen molar-refractivity contribution in [2.24, 2.45) is 0 Å². The van der Waals surface area contributed by atoms with E-state index in [0.717, 1.165) is 30.5 Å². The van der Waals surface area contributed by atoms with Crippen molar-refractivity contribution in [2.45, 2.75) is 52.2 Å². The second-order valence-corrected chi connectivity index (χ2v) is 8.12. The van der Waals surface area contributed by atoms with Gasteiger partial charge in [0.05, 0.1) is 0 Å². The van der Waals surface area contributed by atoms with E-state index >= 15 is 0 Å². The van der Waals surface area contributed by atoms with Gasteiger partial charge in [-0.1, -0.05) is 19.1 Å². The fourth-order valence-electron chi connectivity index (χ4n) is 3.71. The molecular weight excluding hydrogens is 380 g/mol. The number of carbonyl (C=O) groups excluding carboxylic acids is 2. The summed E-state index contributed by atoms with van der Waals surface area (Å²) in [5, 5.41) is 14.0. The molecule has 3 amide bonds. The third-order valence-electron chi connectivity index (χ3n) is 5.33. The minimum Gasteiger partial charge on any atom is -0.347 e. The van der Waals surface area contributed by atoms with Gasteiger partial charge in [-0.2, -0.15) is 5.10 Å². The third kappa shape index (κ3) is 4.64. The summed E-state index contributed by atoms with van der Waals surface area (Å²) in [6.07, 6.45) is 1.79. The molecule has 0 saturated carbocycles. The Kier molecular flexibility index (Phi) is 6.77. The zero-order chi connectivity index (χ0) is 21.8. The molecule has 0 bridgehead atoms. The summed E-state index contributed by atoms with van der Waals surface area (Å²) in [6.45, 7) is 7.61. The van der Waals surface area contributed by atoms with Crippen LogP contribution in [0.5, 0.6) is 0 Å². The quantitative estimate of drug-likeness (QED) is 0.680. The highest BCUT2D eigenvalue weighted by molar-refractivity contribution is 5.94. The summed E-state index contributed by atoms with van der Waals surface area (Å²) in [4.78, 5) is 26.2. The van der Waals surface area contributed by atoms with Crippen molar-refractivity contribution in [3.63, 3.8) is 0 Å². The SMILES string of the molecule is CCC1NCCc2c1c(C(=O)NCc1ccc(NC(=O)N(C)C)cc1)nn2C(C)C. The Hall–Kier alpha value is -2.87. The molecule has 0 aliphatic carbocycles. The maximum atomic E-state index is 13.0. The molecule has 0 spiro atoms. The Labute approximate surface area is 178 Å². The summed E-state index contributed by atoms with van der Waals surface area (Å²) < 4.78 is 2.00. The van der Waals surface area contributed by atoms with Gasteiger partial charge in [0.15, 0.2) is 5.69 Å². The third-order valence-corrected chi connectivity index (χ3v) is 5.33. The Balaban J connectivity index is 1.72. The Morgan fingerprint density at radius 2 is 1.97 bits per heavy atom. The van der Waals surface area contributed by atoms with Crippen molar-refractivity contribution in [2.75, 3.05) is 26.0 Å². The number of aromatic nitrogens is 2. The van der Waals surface area contributed by atoms with Crippen molar-refractivity contribution in [1.29, 1.82) is 0 Å². The molecule has 0 saturated heterocycles. The predicted molar refractivity (Wildman–Crippen MR) is 118 cm³/mol. The number of rotatable bonds is 6. The van der Waals surface area contributed by atoms with Gasteiger partial charge in [-0.15, -0.1) is 0 Å². The van der Waals surface area contributed by atoms with Crippen LogP contribution in [0.15, 0.2) is 24.3 Å². The molecule has 1 atom stereocenters. The van der Waals surface area contributed by atoms with Crippen molar-refractivity contribution < 1.29 is 9.59 Å². The van der Waals surface area contributed by atoms with E-state index in [1.165, 1.54) is 10.6 Å². The molecule has 1 aliphatic rings. The summed E-state index contributed by atoms with van der Waals surface area (Å²) in [5.74, 6) is -0.155. The van der Waals surface area contributed by atoms with Gasteiger partial charge in [-0.3, -0.25) is 9.48 Å².